The molecule has 1 heterocycles. The van der Waals surface area contributed by atoms with Crippen LogP contribution in [0.5, 0.6) is 0 Å². The molecule has 0 saturated carbocycles. The van der Waals surface area contributed by atoms with E-state index in [4.69, 9.17) is 16.7 Å². The first kappa shape index (κ1) is 8.10. The first-order chi connectivity index (χ1) is 5.04. The fraction of sp³-hybridized carbons (Fsp3) is 0.167. The van der Waals surface area contributed by atoms with E-state index in [-0.39, 0.29) is 0 Å². The first-order valence-electron chi connectivity index (χ1n) is 2.81. The lowest BCUT2D eigenvalue weighted by molar-refractivity contribution is -0.137. The van der Waals surface area contributed by atoms with Crippen LogP contribution in [0.4, 0.5) is 0 Å². The zero-order chi connectivity index (χ0) is 8.48. The minimum absolute atomic E-state index is 0.476. The van der Waals surface area contributed by atoms with Crippen LogP contribution in [0.25, 0.3) is 0 Å². The van der Waals surface area contributed by atoms with Gasteiger partial charge in [-0.2, -0.15) is 0 Å². The topological polar surface area (TPSA) is 63.6 Å². The van der Waals surface area contributed by atoms with Crippen LogP contribution in [0, 0.1) is 5.21 Å². The predicted molar refractivity (Wildman–Crippen MR) is 39.7 cm³/mol. The predicted octanol–water partition coefficient (Wildman–Crippen LogP) is 0.889. The highest BCUT2D eigenvalue weighted by Crippen LogP contribution is 2.22. The number of hydrogen-bond donors (Lipinski definition) is 1. The van der Waals surface area contributed by atoms with Gasteiger partial charge in [0.15, 0.2) is 4.87 Å². The second kappa shape index (κ2) is 2.56. The van der Waals surface area contributed by atoms with Crippen LogP contribution in [-0.4, -0.2) is 21.0 Å². The van der Waals surface area contributed by atoms with Gasteiger partial charge in [0.05, 0.1) is 0 Å². The van der Waals surface area contributed by atoms with Crippen LogP contribution in [0.2, 0.25) is 0 Å². The maximum absolute atomic E-state index is 10.5. The fourth-order valence-electron chi connectivity index (χ4n) is 0.612. The van der Waals surface area contributed by atoms with Crippen molar-refractivity contribution in [3.05, 3.63) is 29.8 Å². The molecule has 0 aliphatic carbocycles. The minimum atomic E-state index is -1.55. The molecule has 0 aromatic rings. The van der Waals surface area contributed by atoms with Crippen molar-refractivity contribution < 1.29 is 9.90 Å². The Hall–Kier alpha value is -1.00. The second-order valence-electron chi connectivity index (χ2n) is 2.06. The molecule has 0 aromatic heterocycles. The van der Waals surface area contributed by atoms with E-state index in [1.54, 1.807) is 0 Å². The molecule has 0 spiro atoms. The Kier molecular flexibility index (Phi) is 1.89. The Balaban J connectivity index is 2.85. The molecular formula is C6H5ClNO3-. The average Bonchev–Trinajstić information content (AvgIpc) is 1.95. The Labute approximate surface area is 67.9 Å². The van der Waals surface area contributed by atoms with Crippen LogP contribution in [0.15, 0.2) is 24.6 Å². The van der Waals surface area contributed by atoms with Crippen LogP contribution in [0.3, 0.4) is 0 Å². The number of carboxylic acids is 1. The van der Waals surface area contributed by atoms with Gasteiger partial charge in [-0.15, -0.1) is 0 Å². The second-order valence-corrected chi connectivity index (χ2v) is 2.69. The van der Waals surface area contributed by atoms with Crippen LogP contribution < -0.4 is 0 Å². The van der Waals surface area contributed by atoms with Gasteiger partial charge in [0.2, 0.25) is 0 Å². The van der Waals surface area contributed by atoms with Gasteiger partial charge in [-0.05, 0) is 24.6 Å². The molecule has 60 valence electrons. The van der Waals surface area contributed by atoms with E-state index in [0.29, 0.717) is 5.06 Å². The zero-order valence-corrected chi connectivity index (χ0v) is 6.15. The molecule has 0 bridgehead atoms. The molecule has 0 saturated heterocycles. The summed E-state index contributed by atoms with van der Waals surface area (Å²) in [6.07, 6.45) is 4.34. The van der Waals surface area contributed by atoms with Gasteiger partial charge in [-0.1, -0.05) is 11.6 Å². The lowest BCUT2D eigenvalue weighted by Gasteiger charge is -2.27. The lowest BCUT2D eigenvalue weighted by Crippen LogP contribution is -2.30. The molecule has 4 nitrogen and oxygen atoms in total. The SMILES string of the molecule is O=C(O)C1(Cl)C=CN([O-])C=C1. The monoisotopic (exact) mass is 174 g/mol. The molecule has 1 N–H and O–H groups in total. The number of halogens is 1. The normalized spacial score (nSPS) is 20.4. The first-order valence-corrected chi connectivity index (χ1v) is 3.19. The van der Waals surface area contributed by atoms with E-state index >= 15 is 0 Å². The van der Waals surface area contributed by atoms with Crippen LogP contribution in [0.1, 0.15) is 0 Å². The van der Waals surface area contributed by atoms with Gasteiger partial charge in [0, 0.05) is 0 Å². The number of carbonyl (C=O) groups is 1. The van der Waals surface area contributed by atoms with Crippen molar-refractivity contribution >= 4 is 17.6 Å². The molecular weight excluding hydrogens is 170 g/mol. The van der Waals surface area contributed by atoms with E-state index in [9.17, 15) is 10.0 Å². The zero-order valence-electron chi connectivity index (χ0n) is 5.40. The third-order valence-electron chi connectivity index (χ3n) is 1.26. The van der Waals surface area contributed by atoms with Crippen molar-refractivity contribution in [3.8, 4) is 0 Å². The van der Waals surface area contributed by atoms with Crippen molar-refractivity contribution in [1.82, 2.24) is 5.06 Å². The van der Waals surface area contributed by atoms with E-state index in [1.807, 2.05) is 0 Å². The highest BCUT2D eigenvalue weighted by atomic mass is 35.5. The number of aliphatic carboxylic acids is 1. The maximum Gasteiger partial charge on any atom is 0.332 e. The Morgan fingerprint density at radius 1 is 1.55 bits per heavy atom. The number of alkyl halides is 1. The summed E-state index contributed by atoms with van der Waals surface area (Å²) in [6, 6.07) is 0. The highest BCUT2D eigenvalue weighted by molar-refractivity contribution is 6.36. The van der Waals surface area contributed by atoms with Gasteiger partial charge >= 0.3 is 5.97 Å². The summed E-state index contributed by atoms with van der Waals surface area (Å²) in [5, 5.41) is 19.5. The smallest absolute Gasteiger partial charge is 0.332 e. The molecule has 0 radical (unpaired) electrons. The molecule has 0 unspecified atom stereocenters. The van der Waals surface area contributed by atoms with Gasteiger partial charge in [0.1, 0.15) is 0 Å². The quantitative estimate of drug-likeness (QED) is 0.600. The number of hydroxylamine groups is 2. The van der Waals surface area contributed by atoms with Crippen molar-refractivity contribution in [2.45, 2.75) is 4.87 Å². The van der Waals surface area contributed by atoms with Crippen molar-refractivity contribution in [3.63, 3.8) is 0 Å². The Morgan fingerprint density at radius 2 is 2.00 bits per heavy atom. The number of rotatable bonds is 1. The highest BCUT2D eigenvalue weighted by Gasteiger charge is 2.31. The van der Waals surface area contributed by atoms with Crippen LogP contribution >= 0.6 is 11.6 Å². The summed E-state index contributed by atoms with van der Waals surface area (Å²) < 4.78 is 0. The number of nitrogens with zero attached hydrogens (tertiary/aromatic N) is 1. The van der Waals surface area contributed by atoms with Gasteiger partial charge < -0.3 is 15.4 Å². The summed E-state index contributed by atoms with van der Waals surface area (Å²) in [4.78, 5) is 8.87. The van der Waals surface area contributed by atoms with Crippen molar-refractivity contribution in [2.75, 3.05) is 0 Å². The van der Waals surface area contributed by atoms with E-state index in [0.717, 1.165) is 24.6 Å². The fourth-order valence-corrected chi connectivity index (χ4v) is 0.724. The molecule has 1 aliphatic rings. The van der Waals surface area contributed by atoms with E-state index < -0.39 is 10.8 Å². The van der Waals surface area contributed by atoms with E-state index in [2.05, 4.69) is 0 Å². The molecule has 0 aromatic carbocycles. The maximum atomic E-state index is 10.5. The standard InChI is InChI=1S/C6H5ClNO3/c7-6(5(9)10)1-3-8(11)4-2-6/h1-4H,(H,9,10)/q-1. The molecule has 1 rings (SSSR count). The Morgan fingerprint density at radius 3 is 2.36 bits per heavy atom. The van der Waals surface area contributed by atoms with Gasteiger partial charge in [0.25, 0.3) is 0 Å². The molecule has 1 aliphatic heterocycles. The number of hydrogen-bond acceptors (Lipinski definition) is 3. The van der Waals surface area contributed by atoms with Crippen molar-refractivity contribution in [2.24, 2.45) is 0 Å². The Bertz CT molecular complexity index is 222. The molecule has 0 amide bonds. The molecule has 11 heavy (non-hydrogen) atoms. The third kappa shape index (κ3) is 1.53. The summed E-state index contributed by atoms with van der Waals surface area (Å²) in [5.41, 5.74) is 0. The number of carboxylic acid groups (broad SMARTS) is 1. The largest absolute Gasteiger partial charge is 0.755 e. The summed E-state index contributed by atoms with van der Waals surface area (Å²) in [5.74, 6) is -1.19. The average molecular weight is 175 g/mol. The summed E-state index contributed by atoms with van der Waals surface area (Å²) in [6.45, 7) is 0. The van der Waals surface area contributed by atoms with Crippen molar-refractivity contribution in [1.29, 1.82) is 0 Å². The van der Waals surface area contributed by atoms with Crippen LogP contribution in [-0.2, 0) is 4.79 Å². The van der Waals surface area contributed by atoms with E-state index in [1.165, 1.54) is 0 Å². The lowest BCUT2D eigenvalue weighted by atomic mass is 10.1. The molecule has 5 heteroatoms. The summed E-state index contributed by atoms with van der Waals surface area (Å²) >= 11 is 5.54. The van der Waals surface area contributed by atoms with Gasteiger partial charge in [-0.25, -0.2) is 4.79 Å². The third-order valence-corrected chi connectivity index (χ3v) is 1.67. The minimum Gasteiger partial charge on any atom is -0.755 e. The molecule has 0 fully saturated rings. The molecule has 0 atom stereocenters. The van der Waals surface area contributed by atoms with Gasteiger partial charge in [-0.3, -0.25) is 0 Å². The summed E-state index contributed by atoms with van der Waals surface area (Å²) in [7, 11) is 0.